The van der Waals surface area contributed by atoms with Gasteiger partial charge < -0.3 is 9.47 Å². The molecule has 2 unspecified atom stereocenters. The van der Waals surface area contributed by atoms with Gasteiger partial charge in [-0.15, -0.1) is 0 Å². The van der Waals surface area contributed by atoms with Gasteiger partial charge in [0.25, 0.3) is 0 Å². The summed E-state index contributed by atoms with van der Waals surface area (Å²) in [6, 6.07) is 23.7. The molecule has 0 aromatic heterocycles. The third-order valence-corrected chi connectivity index (χ3v) is 5.53. The molecule has 0 aliphatic heterocycles. The van der Waals surface area contributed by atoms with Crippen LogP contribution in [0.4, 0.5) is 0 Å². The van der Waals surface area contributed by atoms with Gasteiger partial charge in [0.2, 0.25) is 0 Å². The molecule has 0 spiro atoms. The number of hydrogen-bond donors (Lipinski definition) is 0. The van der Waals surface area contributed by atoms with Crippen molar-refractivity contribution in [3.05, 3.63) is 95.6 Å². The van der Waals surface area contributed by atoms with Crippen LogP contribution in [0.3, 0.4) is 0 Å². The zero-order valence-corrected chi connectivity index (χ0v) is 18.2. The first-order valence-electron chi connectivity index (χ1n) is 10.5. The highest BCUT2D eigenvalue weighted by Gasteiger charge is 2.35. The van der Waals surface area contributed by atoms with Gasteiger partial charge in [-0.25, -0.2) is 0 Å². The molecule has 160 valence electrons. The van der Waals surface area contributed by atoms with Crippen molar-refractivity contribution in [2.45, 2.75) is 25.7 Å². The Morgan fingerprint density at radius 3 is 1.74 bits per heavy atom. The van der Waals surface area contributed by atoms with Crippen molar-refractivity contribution < 1.29 is 19.1 Å². The van der Waals surface area contributed by atoms with Crippen molar-refractivity contribution in [3.63, 3.8) is 0 Å². The number of rotatable bonds is 10. The Morgan fingerprint density at radius 2 is 1.23 bits per heavy atom. The van der Waals surface area contributed by atoms with E-state index in [9.17, 15) is 9.59 Å². The zero-order chi connectivity index (χ0) is 22.2. The van der Waals surface area contributed by atoms with E-state index in [1.807, 2.05) is 49.4 Å². The molecule has 0 N–H and O–H groups in total. The fourth-order valence-electron chi connectivity index (χ4n) is 3.89. The highest BCUT2D eigenvalue weighted by Crippen LogP contribution is 2.35. The standard InChI is InChI=1S/C27H28O4/c1-4-8-24(26(28)21-13-17-23(31-3)18-14-21)25(19-11-15-22(30-2)16-12-19)27(29)20-9-6-5-7-10-20/h5-7,9-18,24-25H,4,8H2,1-3H3. The molecule has 0 aliphatic carbocycles. The number of benzene rings is 3. The van der Waals surface area contributed by atoms with E-state index in [1.54, 1.807) is 50.6 Å². The Morgan fingerprint density at radius 1 is 0.710 bits per heavy atom. The number of carbonyl (C=O) groups is 2. The molecule has 0 fully saturated rings. The molecule has 0 saturated carbocycles. The molecule has 0 radical (unpaired) electrons. The Labute approximate surface area is 183 Å². The summed E-state index contributed by atoms with van der Waals surface area (Å²) < 4.78 is 10.5. The van der Waals surface area contributed by atoms with Crippen LogP contribution in [-0.2, 0) is 0 Å². The molecule has 3 aromatic carbocycles. The van der Waals surface area contributed by atoms with Crippen molar-refractivity contribution in [2.75, 3.05) is 14.2 Å². The Hall–Kier alpha value is -3.40. The van der Waals surface area contributed by atoms with Gasteiger partial charge in [0.1, 0.15) is 11.5 Å². The van der Waals surface area contributed by atoms with Gasteiger partial charge in [-0.2, -0.15) is 0 Å². The predicted octanol–water partition coefficient (Wildman–Crippen LogP) is 5.97. The predicted molar refractivity (Wildman–Crippen MR) is 122 cm³/mol. The number of ether oxygens (including phenoxy) is 2. The summed E-state index contributed by atoms with van der Waals surface area (Å²) in [5.74, 6) is 0.266. The molecule has 4 nitrogen and oxygen atoms in total. The third kappa shape index (κ3) is 5.21. The minimum absolute atomic E-state index is 0.0328. The first-order chi connectivity index (χ1) is 15.1. The van der Waals surface area contributed by atoms with E-state index in [1.165, 1.54) is 0 Å². The molecule has 2 atom stereocenters. The summed E-state index contributed by atoms with van der Waals surface area (Å²) in [6.07, 6.45) is 1.40. The first-order valence-corrected chi connectivity index (χ1v) is 10.5. The van der Waals surface area contributed by atoms with Crippen LogP contribution in [0.15, 0.2) is 78.9 Å². The largest absolute Gasteiger partial charge is 0.497 e. The molecule has 0 saturated heterocycles. The molecule has 31 heavy (non-hydrogen) atoms. The topological polar surface area (TPSA) is 52.6 Å². The van der Waals surface area contributed by atoms with E-state index >= 15 is 0 Å². The van der Waals surface area contributed by atoms with Crippen LogP contribution in [0.5, 0.6) is 11.5 Å². The fraction of sp³-hybridized carbons (Fsp3) is 0.259. The van der Waals surface area contributed by atoms with E-state index in [4.69, 9.17) is 9.47 Å². The van der Waals surface area contributed by atoms with Gasteiger partial charge in [-0.1, -0.05) is 55.8 Å². The van der Waals surface area contributed by atoms with E-state index in [-0.39, 0.29) is 11.6 Å². The number of ketones is 2. The maximum Gasteiger partial charge on any atom is 0.171 e. The van der Waals surface area contributed by atoms with Gasteiger partial charge in [-0.05, 0) is 48.4 Å². The summed E-state index contributed by atoms with van der Waals surface area (Å²) >= 11 is 0. The Bertz CT molecular complexity index is 992. The second kappa shape index (κ2) is 10.6. The van der Waals surface area contributed by atoms with E-state index in [0.29, 0.717) is 29.0 Å². The fourth-order valence-corrected chi connectivity index (χ4v) is 3.89. The highest BCUT2D eigenvalue weighted by atomic mass is 16.5. The van der Waals surface area contributed by atoms with E-state index in [2.05, 4.69) is 0 Å². The molecule has 4 heteroatoms. The molecule has 0 bridgehead atoms. The van der Waals surface area contributed by atoms with Crippen LogP contribution in [-0.4, -0.2) is 25.8 Å². The molecule has 0 amide bonds. The van der Waals surface area contributed by atoms with Gasteiger partial charge in [0.05, 0.1) is 20.1 Å². The molecular weight excluding hydrogens is 388 g/mol. The average molecular weight is 417 g/mol. The summed E-state index contributed by atoms with van der Waals surface area (Å²) in [4.78, 5) is 27.2. The van der Waals surface area contributed by atoms with Crippen molar-refractivity contribution >= 4 is 11.6 Å². The zero-order valence-electron chi connectivity index (χ0n) is 18.2. The minimum atomic E-state index is -0.581. The number of Topliss-reactive ketones (excluding diaryl/α,β-unsaturated/α-hetero) is 2. The summed E-state index contributed by atoms with van der Waals surface area (Å²) in [5, 5.41) is 0. The van der Waals surface area contributed by atoms with Crippen LogP contribution in [0.2, 0.25) is 0 Å². The SMILES string of the molecule is CCCC(C(=O)c1ccc(OC)cc1)C(C(=O)c1ccccc1)c1ccc(OC)cc1. The third-order valence-electron chi connectivity index (χ3n) is 5.53. The van der Waals surface area contributed by atoms with Crippen molar-refractivity contribution in [3.8, 4) is 11.5 Å². The highest BCUT2D eigenvalue weighted by molar-refractivity contribution is 6.07. The summed E-state index contributed by atoms with van der Waals surface area (Å²) in [5.41, 5.74) is 2.00. The molecular formula is C27H28O4. The lowest BCUT2D eigenvalue weighted by atomic mass is 9.75. The van der Waals surface area contributed by atoms with Crippen LogP contribution in [0.1, 0.15) is 52.0 Å². The smallest absolute Gasteiger partial charge is 0.171 e. The van der Waals surface area contributed by atoms with E-state index < -0.39 is 11.8 Å². The quantitative estimate of drug-likeness (QED) is 0.382. The van der Waals surface area contributed by atoms with Crippen LogP contribution in [0.25, 0.3) is 0 Å². The molecule has 0 heterocycles. The van der Waals surface area contributed by atoms with Crippen molar-refractivity contribution in [1.29, 1.82) is 0 Å². The average Bonchev–Trinajstić information content (AvgIpc) is 2.84. The monoisotopic (exact) mass is 416 g/mol. The second-order valence-corrected chi connectivity index (χ2v) is 7.47. The number of methoxy groups -OCH3 is 2. The molecule has 3 aromatic rings. The Balaban J connectivity index is 2.05. The van der Waals surface area contributed by atoms with Gasteiger partial charge in [-0.3, -0.25) is 9.59 Å². The van der Waals surface area contributed by atoms with Gasteiger partial charge in [0.15, 0.2) is 11.6 Å². The lowest BCUT2D eigenvalue weighted by Crippen LogP contribution is -2.29. The number of hydrogen-bond acceptors (Lipinski definition) is 4. The normalized spacial score (nSPS) is 12.6. The maximum atomic E-state index is 13.6. The summed E-state index contributed by atoms with van der Waals surface area (Å²) in [6.45, 7) is 2.03. The van der Waals surface area contributed by atoms with Gasteiger partial charge in [0, 0.05) is 17.0 Å². The van der Waals surface area contributed by atoms with Crippen LogP contribution < -0.4 is 9.47 Å². The molecule has 3 rings (SSSR count). The lowest BCUT2D eigenvalue weighted by molar-refractivity contribution is 0.0812. The van der Waals surface area contributed by atoms with Crippen molar-refractivity contribution in [1.82, 2.24) is 0 Å². The van der Waals surface area contributed by atoms with Crippen molar-refractivity contribution in [2.24, 2.45) is 5.92 Å². The lowest BCUT2D eigenvalue weighted by Gasteiger charge is -2.26. The number of carbonyl (C=O) groups excluding carboxylic acids is 2. The van der Waals surface area contributed by atoms with Gasteiger partial charge >= 0.3 is 0 Å². The maximum absolute atomic E-state index is 13.6. The second-order valence-electron chi connectivity index (χ2n) is 7.47. The minimum Gasteiger partial charge on any atom is -0.497 e. The first kappa shape index (κ1) is 22.3. The van der Waals surface area contributed by atoms with E-state index in [0.717, 1.165) is 12.0 Å². The van der Waals surface area contributed by atoms with Crippen LogP contribution in [0, 0.1) is 5.92 Å². The van der Waals surface area contributed by atoms with Crippen LogP contribution >= 0.6 is 0 Å². The Kier molecular flexibility index (Phi) is 7.60. The summed E-state index contributed by atoms with van der Waals surface area (Å²) in [7, 11) is 3.20. The molecule has 0 aliphatic rings.